The van der Waals surface area contributed by atoms with Crippen LogP contribution in [0.4, 0.5) is 0 Å². The minimum absolute atomic E-state index is 0.126. The minimum Gasteiger partial charge on any atom is -0.405 e. The van der Waals surface area contributed by atoms with Crippen LogP contribution >= 0.6 is 0 Å². The standard InChI is InChI=1S/C24H32O5Si/c1-23(2,3)30(17-12-8-6-9-13-17,18-14-10-7-11-15-18)26-16-19-20-21(22(25)27-19)29-24(4,5)28-20/h6-15,19-22,25H,16H2,1-5H3/t19-,20-,21-,22-/m1/s1. The molecule has 0 aromatic heterocycles. The van der Waals surface area contributed by atoms with Crippen molar-refractivity contribution in [2.24, 2.45) is 0 Å². The molecule has 0 amide bonds. The molecular formula is C24H32O5Si. The van der Waals surface area contributed by atoms with Crippen molar-refractivity contribution in [1.29, 1.82) is 0 Å². The van der Waals surface area contributed by atoms with Crippen molar-refractivity contribution in [3.05, 3.63) is 60.7 Å². The Morgan fingerprint density at radius 2 is 1.40 bits per heavy atom. The lowest BCUT2D eigenvalue weighted by molar-refractivity contribution is -0.222. The summed E-state index contributed by atoms with van der Waals surface area (Å²) in [5.41, 5.74) is 0. The van der Waals surface area contributed by atoms with E-state index >= 15 is 0 Å². The fourth-order valence-electron chi connectivity index (χ4n) is 4.76. The molecule has 5 nitrogen and oxygen atoms in total. The monoisotopic (exact) mass is 428 g/mol. The van der Waals surface area contributed by atoms with Crippen molar-refractivity contribution in [2.75, 3.05) is 6.61 Å². The highest BCUT2D eigenvalue weighted by molar-refractivity contribution is 6.99. The Morgan fingerprint density at radius 1 is 0.900 bits per heavy atom. The van der Waals surface area contributed by atoms with Gasteiger partial charge >= 0.3 is 0 Å². The first kappa shape index (κ1) is 21.7. The van der Waals surface area contributed by atoms with E-state index in [1.807, 2.05) is 26.0 Å². The second kappa shape index (κ2) is 7.86. The second-order valence-electron chi connectivity index (χ2n) is 9.60. The molecule has 2 aromatic carbocycles. The zero-order chi connectivity index (χ0) is 21.6. The molecule has 2 aromatic rings. The fraction of sp³-hybridized carbons (Fsp3) is 0.500. The van der Waals surface area contributed by atoms with E-state index in [2.05, 4.69) is 69.3 Å². The predicted octanol–water partition coefficient (Wildman–Crippen LogP) is 2.80. The van der Waals surface area contributed by atoms with Gasteiger partial charge in [0.05, 0.1) is 6.61 Å². The zero-order valence-corrected chi connectivity index (χ0v) is 19.4. The molecule has 0 aliphatic carbocycles. The Hall–Kier alpha value is -1.54. The van der Waals surface area contributed by atoms with Crippen LogP contribution < -0.4 is 10.4 Å². The lowest BCUT2D eigenvalue weighted by atomic mass is 10.1. The fourth-order valence-corrected chi connectivity index (χ4v) is 9.33. The largest absolute Gasteiger partial charge is 0.405 e. The smallest absolute Gasteiger partial charge is 0.261 e. The van der Waals surface area contributed by atoms with Gasteiger partial charge in [-0.2, -0.15) is 0 Å². The van der Waals surface area contributed by atoms with Crippen molar-refractivity contribution in [3.63, 3.8) is 0 Å². The van der Waals surface area contributed by atoms with Gasteiger partial charge in [0.2, 0.25) is 0 Å². The number of hydrogen-bond donors (Lipinski definition) is 1. The van der Waals surface area contributed by atoms with Gasteiger partial charge in [0.15, 0.2) is 12.1 Å². The van der Waals surface area contributed by atoms with Crippen LogP contribution in [0, 0.1) is 0 Å². The SMILES string of the molecule is CC1(C)O[C@@H]2[C@H](O1)[C@@H](CO[Si](c1ccccc1)(c1ccccc1)C(C)(C)C)O[C@H]2O. The summed E-state index contributed by atoms with van der Waals surface area (Å²) in [7, 11) is -2.68. The van der Waals surface area contributed by atoms with Gasteiger partial charge in [0.25, 0.3) is 8.32 Å². The van der Waals surface area contributed by atoms with Crippen LogP contribution in [0.25, 0.3) is 0 Å². The molecule has 4 atom stereocenters. The Bertz CT molecular complexity index is 809. The topological polar surface area (TPSA) is 57.2 Å². The molecule has 4 rings (SSSR count). The van der Waals surface area contributed by atoms with Crippen LogP contribution in [0.5, 0.6) is 0 Å². The van der Waals surface area contributed by atoms with Gasteiger partial charge in [-0.05, 0) is 29.3 Å². The second-order valence-corrected chi connectivity index (χ2v) is 13.9. The van der Waals surface area contributed by atoms with Gasteiger partial charge in [-0.25, -0.2) is 0 Å². The highest BCUT2D eigenvalue weighted by atomic mass is 28.4. The van der Waals surface area contributed by atoms with E-state index in [-0.39, 0.29) is 11.1 Å². The molecule has 6 heteroatoms. The average Bonchev–Trinajstić information content (AvgIpc) is 3.17. The summed E-state index contributed by atoms with van der Waals surface area (Å²) in [5, 5.41) is 12.6. The summed E-state index contributed by atoms with van der Waals surface area (Å²) in [6, 6.07) is 21.0. The lowest BCUT2D eigenvalue weighted by Gasteiger charge is -2.43. The first-order valence-electron chi connectivity index (χ1n) is 10.6. The number of hydrogen-bond acceptors (Lipinski definition) is 5. The number of aliphatic hydroxyl groups is 1. The van der Waals surface area contributed by atoms with Gasteiger partial charge in [0, 0.05) is 0 Å². The molecule has 0 radical (unpaired) electrons. The first-order chi connectivity index (χ1) is 14.1. The van der Waals surface area contributed by atoms with Gasteiger partial charge < -0.3 is 23.7 Å². The predicted molar refractivity (Wildman–Crippen MR) is 118 cm³/mol. The van der Waals surface area contributed by atoms with Crippen molar-refractivity contribution in [2.45, 2.75) is 70.0 Å². The van der Waals surface area contributed by atoms with Crippen LogP contribution in [0.2, 0.25) is 5.04 Å². The summed E-state index contributed by atoms with van der Waals surface area (Å²) < 4.78 is 24.6. The molecule has 2 heterocycles. The van der Waals surface area contributed by atoms with Crippen molar-refractivity contribution in [3.8, 4) is 0 Å². The summed E-state index contributed by atoms with van der Waals surface area (Å²) >= 11 is 0. The summed E-state index contributed by atoms with van der Waals surface area (Å²) in [6.07, 6.45) is -2.25. The van der Waals surface area contributed by atoms with E-state index in [1.54, 1.807) is 0 Å². The summed E-state index contributed by atoms with van der Waals surface area (Å²) in [4.78, 5) is 0. The number of aliphatic hydroxyl groups excluding tert-OH is 1. The Balaban J connectivity index is 1.69. The molecule has 2 fully saturated rings. The molecule has 30 heavy (non-hydrogen) atoms. The molecule has 162 valence electrons. The van der Waals surface area contributed by atoms with E-state index in [4.69, 9.17) is 18.6 Å². The molecular weight excluding hydrogens is 396 g/mol. The lowest BCUT2D eigenvalue weighted by Crippen LogP contribution is -2.67. The van der Waals surface area contributed by atoms with Crippen LogP contribution in [-0.2, 0) is 18.6 Å². The third kappa shape index (κ3) is 3.77. The van der Waals surface area contributed by atoms with Crippen molar-refractivity contribution < 1.29 is 23.7 Å². The third-order valence-electron chi connectivity index (χ3n) is 6.01. The maximum absolute atomic E-state index is 10.4. The van der Waals surface area contributed by atoms with E-state index in [0.717, 1.165) is 0 Å². The Labute approximate surface area is 180 Å². The third-order valence-corrected chi connectivity index (χ3v) is 11.0. The Kier molecular flexibility index (Phi) is 5.68. The van der Waals surface area contributed by atoms with E-state index in [1.165, 1.54) is 10.4 Å². The Morgan fingerprint density at radius 3 is 1.90 bits per heavy atom. The molecule has 2 aliphatic heterocycles. The maximum Gasteiger partial charge on any atom is 0.261 e. The molecule has 0 unspecified atom stereocenters. The minimum atomic E-state index is -2.68. The molecule has 2 saturated heterocycles. The number of ether oxygens (including phenoxy) is 3. The van der Waals surface area contributed by atoms with Crippen LogP contribution in [0.1, 0.15) is 34.6 Å². The highest BCUT2D eigenvalue weighted by Crippen LogP contribution is 2.40. The highest BCUT2D eigenvalue weighted by Gasteiger charge is 2.56. The normalized spacial score (nSPS) is 28.5. The molecule has 1 N–H and O–H groups in total. The molecule has 0 spiro atoms. The number of rotatable bonds is 5. The summed E-state index contributed by atoms with van der Waals surface area (Å²) in [6.45, 7) is 10.8. The maximum atomic E-state index is 10.4. The first-order valence-corrected chi connectivity index (χ1v) is 12.5. The van der Waals surface area contributed by atoms with Gasteiger partial charge in [-0.15, -0.1) is 0 Å². The molecule has 0 bridgehead atoms. The van der Waals surface area contributed by atoms with E-state index in [9.17, 15) is 5.11 Å². The summed E-state index contributed by atoms with van der Waals surface area (Å²) in [5.74, 6) is -0.740. The van der Waals surface area contributed by atoms with Gasteiger partial charge in [0.1, 0.15) is 18.3 Å². The van der Waals surface area contributed by atoms with E-state index < -0.39 is 32.6 Å². The van der Waals surface area contributed by atoms with E-state index in [0.29, 0.717) is 6.61 Å². The number of fused-ring (bicyclic) bond motifs is 1. The van der Waals surface area contributed by atoms with Crippen LogP contribution in [0.3, 0.4) is 0 Å². The van der Waals surface area contributed by atoms with Crippen molar-refractivity contribution >= 4 is 18.7 Å². The van der Waals surface area contributed by atoms with Crippen LogP contribution in [0.15, 0.2) is 60.7 Å². The quantitative estimate of drug-likeness (QED) is 0.742. The zero-order valence-electron chi connectivity index (χ0n) is 18.4. The van der Waals surface area contributed by atoms with Crippen LogP contribution in [-0.4, -0.2) is 50.4 Å². The van der Waals surface area contributed by atoms with Gasteiger partial charge in [-0.3, -0.25) is 0 Å². The average molecular weight is 429 g/mol. The van der Waals surface area contributed by atoms with Crippen molar-refractivity contribution in [1.82, 2.24) is 0 Å². The number of benzene rings is 2. The van der Waals surface area contributed by atoms with Gasteiger partial charge in [-0.1, -0.05) is 81.4 Å². The molecule has 0 saturated carbocycles. The molecule has 2 aliphatic rings.